The molecule has 8 heteroatoms. The van der Waals surface area contributed by atoms with Gasteiger partial charge < -0.3 is 24.6 Å². The molecule has 0 saturated heterocycles. The van der Waals surface area contributed by atoms with Crippen molar-refractivity contribution in [2.24, 2.45) is 0 Å². The molecule has 1 heterocycles. The molecule has 0 aromatic heterocycles. The number of carbonyl (C=O) groups excluding carboxylic acids is 1. The predicted molar refractivity (Wildman–Crippen MR) is 110 cm³/mol. The number of methoxy groups -OCH3 is 1. The number of esters is 1. The number of carbonyl (C=O) groups is 1. The lowest BCUT2D eigenvalue weighted by molar-refractivity contribution is -0.140. The molecule has 0 spiro atoms. The second-order valence-electron chi connectivity index (χ2n) is 6.87. The summed E-state index contributed by atoms with van der Waals surface area (Å²) < 4.78 is 24.1. The molecule has 1 N–H and O–H groups in total. The van der Waals surface area contributed by atoms with E-state index in [1.807, 2.05) is 25.9 Å². The molecule has 0 amide bonds. The number of halogens is 1. The van der Waals surface area contributed by atoms with Gasteiger partial charge in [-0.15, -0.1) is 0 Å². The summed E-state index contributed by atoms with van der Waals surface area (Å²) in [6.45, 7) is 3.87. The van der Waals surface area contributed by atoms with Crippen molar-refractivity contribution in [3.05, 3.63) is 46.9 Å². The number of hydrogen-bond donors (Lipinski definition) is 1. The zero-order valence-corrected chi connectivity index (χ0v) is 17.6. The number of ether oxygens (including phenoxy) is 2. The Morgan fingerprint density at radius 1 is 1.36 bits per heavy atom. The number of hydrogen-bond acceptors (Lipinski definition) is 5. The first-order valence-corrected chi connectivity index (χ1v) is 9.61. The summed E-state index contributed by atoms with van der Waals surface area (Å²) in [7, 11) is 5.56. The van der Waals surface area contributed by atoms with Crippen molar-refractivity contribution in [1.29, 1.82) is 0 Å². The van der Waals surface area contributed by atoms with Crippen LogP contribution in [-0.2, 0) is 14.3 Å². The van der Waals surface area contributed by atoms with Gasteiger partial charge in [-0.25, -0.2) is 9.18 Å². The van der Waals surface area contributed by atoms with Crippen LogP contribution in [0.1, 0.15) is 24.9 Å². The van der Waals surface area contributed by atoms with Gasteiger partial charge in [0.25, 0.3) is 0 Å². The Kier molecular flexibility index (Phi) is 8.35. The molecule has 6 nitrogen and oxygen atoms in total. The molecule has 154 valence electrons. The van der Waals surface area contributed by atoms with Gasteiger partial charge in [-0.3, -0.25) is 0 Å². The Hall–Kier alpha value is -2.03. The van der Waals surface area contributed by atoms with Crippen LogP contribution < -0.4 is 5.32 Å². The minimum Gasteiger partial charge on any atom is -0.460 e. The van der Waals surface area contributed by atoms with Crippen molar-refractivity contribution in [1.82, 2.24) is 15.1 Å². The fourth-order valence-corrected chi connectivity index (χ4v) is 3.44. The monoisotopic (exact) mass is 409 g/mol. The largest absolute Gasteiger partial charge is 0.460 e. The molecule has 0 fully saturated rings. The number of rotatable bonds is 9. The summed E-state index contributed by atoms with van der Waals surface area (Å²) in [5.74, 6) is -0.834. The fraction of sp³-hybridized carbons (Fsp3) is 0.500. The van der Waals surface area contributed by atoms with Gasteiger partial charge in [0.05, 0.1) is 18.2 Å². The second kappa shape index (κ2) is 10.5. The maximum Gasteiger partial charge on any atom is 0.338 e. The molecule has 0 bridgehead atoms. The first-order chi connectivity index (χ1) is 13.3. The second-order valence-corrected chi connectivity index (χ2v) is 7.26. The third kappa shape index (κ3) is 5.73. The Morgan fingerprint density at radius 3 is 2.75 bits per heavy atom. The molecular formula is C20H28FN3O3S. The van der Waals surface area contributed by atoms with Gasteiger partial charge in [-0.1, -0.05) is 12.1 Å². The van der Waals surface area contributed by atoms with Crippen LogP contribution in [0.3, 0.4) is 0 Å². The fourth-order valence-electron chi connectivity index (χ4n) is 3.09. The van der Waals surface area contributed by atoms with Crippen LogP contribution >= 0.6 is 12.2 Å². The molecule has 0 unspecified atom stereocenters. The number of allylic oxidation sites excluding steroid dienone is 1. The van der Waals surface area contributed by atoms with Crippen molar-refractivity contribution in [3.63, 3.8) is 0 Å². The predicted octanol–water partition coefficient (Wildman–Crippen LogP) is 2.47. The molecular weight excluding hydrogens is 381 g/mol. The number of nitrogens with zero attached hydrogens (tertiary/aromatic N) is 2. The van der Waals surface area contributed by atoms with Crippen LogP contribution in [0.2, 0.25) is 0 Å². The van der Waals surface area contributed by atoms with Crippen LogP contribution in [0.5, 0.6) is 0 Å². The van der Waals surface area contributed by atoms with Crippen LogP contribution in [-0.4, -0.2) is 68.4 Å². The number of nitrogens with one attached hydrogen (secondary N) is 1. The highest BCUT2D eigenvalue weighted by atomic mass is 32.1. The summed E-state index contributed by atoms with van der Waals surface area (Å²) >= 11 is 5.54. The van der Waals surface area contributed by atoms with E-state index in [0.29, 0.717) is 29.4 Å². The molecule has 1 aromatic carbocycles. The SMILES string of the molecule is COCCOC(=O)C1=C(C)N(CCCN(C)C)C(=S)N[C@H]1c1cccc(F)c1. The van der Waals surface area contributed by atoms with Crippen molar-refractivity contribution >= 4 is 23.3 Å². The molecule has 0 saturated carbocycles. The lowest BCUT2D eigenvalue weighted by Crippen LogP contribution is -2.48. The quantitative estimate of drug-likeness (QED) is 0.382. The van der Waals surface area contributed by atoms with Crippen LogP contribution in [0.25, 0.3) is 0 Å². The summed E-state index contributed by atoms with van der Waals surface area (Å²) in [5.41, 5.74) is 1.77. The third-order valence-corrected chi connectivity index (χ3v) is 4.84. The van der Waals surface area contributed by atoms with Crippen LogP contribution in [0, 0.1) is 5.82 Å². The normalized spacial score (nSPS) is 17.1. The summed E-state index contributed by atoms with van der Waals surface area (Å²) in [6, 6.07) is 5.58. The van der Waals surface area contributed by atoms with Crippen molar-refractivity contribution < 1.29 is 18.7 Å². The first-order valence-electron chi connectivity index (χ1n) is 9.20. The minimum absolute atomic E-state index is 0.146. The van der Waals surface area contributed by atoms with E-state index in [1.165, 1.54) is 12.1 Å². The standard InChI is InChI=1S/C20H28FN3O3S/c1-14-17(19(25)27-12-11-26-4)18(15-7-5-8-16(21)13-15)22-20(28)24(14)10-6-9-23(2)3/h5,7-8,13,18H,6,9-12H2,1-4H3,(H,22,28)/t18-/m0/s1. The smallest absolute Gasteiger partial charge is 0.338 e. The van der Waals surface area contributed by atoms with Gasteiger partial charge in [0.2, 0.25) is 0 Å². The maximum atomic E-state index is 13.8. The Bertz CT molecular complexity index is 739. The van der Waals surface area contributed by atoms with E-state index in [-0.39, 0.29) is 12.4 Å². The van der Waals surface area contributed by atoms with Gasteiger partial charge in [0, 0.05) is 19.4 Å². The summed E-state index contributed by atoms with van der Waals surface area (Å²) in [5, 5.41) is 3.70. The van der Waals surface area contributed by atoms with E-state index in [2.05, 4.69) is 10.2 Å². The number of thiocarbonyl (C=S) groups is 1. The van der Waals surface area contributed by atoms with E-state index in [0.717, 1.165) is 18.7 Å². The lowest BCUT2D eigenvalue weighted by Gasteiger charge is -2.37. The van der Waals surface area contributed by atoms with E-state index < -0.39 is 12.0 Å². The highest BCUT2D eigenvalue weighted by Crippen LogP contribution is 2.31. The van der Waals surface area contributed by atoms with E-state index in [4.69, 9.17) is 21.7 Å². The first kappa shape index (κ1) is 22.3. The van der Waals surface area contributed by atoms with Crippen molar-refractivity contribution in [2.75, 3.05) is 47.5 Å². The van der Waals surface area contributed by atoms with Gasteiger partial charge >= 0.3 is 5.97 Å². The van der Waals surface area contributed by atoms with E-state index >= 15 is 0 Å². The zero-order chi connectivity index (χ0) is 20.7. The van der Waals surface area contributed by atoms with Gasteiger partial charge in [-0.05, 0) is 63.9 Å². The zero-order valence-electron chi connectivity index (χ0n) is 16.8. The summed E-state index contributed by atoms with van der Waals surface area (Å²) in [4.78, 5) is 16.8. The third-order valence-electron chi connectivity index (χ3n) is 4.51. The highest BCUT2D eigenvalue weighted by molar-refractivity contribution is 7.80. The van der Waals surface area contributed by atoms with Crippen LogP contribution in [0.4, 0.5) is 4.39 Å². The Labute approximate surface area is 171 Å². The minimum atomic E-state index is -0.566. The maximum absolute atomic E-state index is 13.8. The van der Waals surface area contributed by atoms with Crippen LogP contribution in [0.15, 0.2) is 35.5 Å². The summed E-state index contributed by atoms with van der Waals surface area (Å²) in [6.07, 6.45) is 0.878. The molecule has 28 heavy (non-hydrogen) atoms. The lowest BCUT2D eigenvalue weighted by atomic mass is 9.95. The average Bonchev–Trinajstić information content (AvgIpc) is 2.63. The van der Waals surface area contributed by atoms with Crippen molar-refractivity contribution in [2.45, 2.75) is 19.4 Å². The van der Waals surface area contributed by atoms with Gasteiger partial charge in [-0.2, -0.15) is 0 Å². The topological polar surface area (TPSA) is 54.0 Å². The molecule has 1 aliphatic rings. The highest BCUT2D eigenvalue weighted by Gasteiger charge is 2.34. The molecule has 0 radical (unpaired) electrons. The molecule has 1 aliphatic heterocycles. The molecule has 1 aromatic rings. The molecule has 2 rings (SSSR count). The molecule has 1 atom stereocenters. The van der Waals surface area contributed by atoms with Crippen molar-refractivity contribution in [3.8, 4) is 0 Å². The van der Waals surface area contributed by atoms with Gasteiger partial charge in [0.15, 0.2) is 5.11 Å². The Balaban J connectivity index is 2.35. The number of benzene rings is 1. The van der Waals surface area contributed by atoms with Gasteiger partial charge in [0.1, 0.15) is 12.4 Å². The van der Waals surface area contributed by atoms with E-state index in [9.17, 15) is 9.18 Å². The average molecular weight is 410 g/mol. The Morgan fingerprint density at radius 2 is 2.11 bits per heavy atom. The molecule has 0 aliphatic carbocycles. The van der Waals surface area contributed by atoms with E-state index in [1.54, 1.807) is 19.2 Å².